The van der Waals surface area contributed by atoms with Crippen LogP contribution in [-0.2, 0) is 6.54 Å². The molecule has 0 fully saturated rings. The molecule has 0 aliphatic carbocycles. The maximum atomic E-state index is 5.55. The van der Waals surface area contributed by atoms with Gasteiger partial charge in [-0.15, -0.1) is 10.2 Å². The molecule has 6 heteroatoms. The minimum Gasteiger partial charge on any atom is -0.326 e. The van der Waals surface area contributed by atoms with Crippen LogP contribution in [0.1, 0.15) is 5.56 Å². The number of benzene rings is 1. The molecular formula is C10H9N5S. The Bertz CT molecular complexity index is 581. The van der Waals surface area contributed by atoms with E-state index in [1.54, 1.807) is 10.8 Å². The van der Waals surface area contributed by atoms with Crippen LogP contribution in [0.2, 0.25) is 0 Å². The van der Waals surface area contributed by atoms with E-state index < -0.39 is 0 Å². The molecule has 0 aliphatic heterocycles. The van der Waals surface area contributed by atoms with E-state index in [2.05, 4.69) is 15.3 Å². The largest absolute Gasteiger partial charge is 0.326 e. The third-order valence-electron chi connectivity index (χ3n) is 2.32. The van der Waals surface area contributed by atoms with Gasteiger partial charge in [-0.3, -0.25) is 0 Å². The van der Waals surface area contributed by atoms with Crippen LogP contribution in [0, 0.1) is 0 Å². The van der Waals surface area contributed by atoms with Crippen LogP contribution in [0.5, 0.6) is 0 Å². The van der Waals surface area contributed by atoms with E-state index in [1.807, 2.05) is 24.3 Å². The summed E-state index contributed by atoms with van der Waals surface area (Å²) in [6, 6.07) is 8.07. The summed E-state index contributed by atoms with van der Waals surface area (Å²) in [5.74, 6) is 0. The van der Waals surface area contributed by atoms with E-state index in [0.29, 0.717) is 6.54 Å². The third kappa shape index (κ3) is 1.48. The van der Waals surface area contributed by atoms with E-state index >= 15 is 0 Å². The highest BCUT2D eigenvalue weighted by atomic mass is 32.1. The Morgan fingerprint density at radius 3 is 2.75 bits per heavy atom. The fraction of sp³-hybridized carbons (Fsp3) is 0.100. The highest BCUT2D eigenvalue weighted by molar-refractivity contribution is 7.19. The number of nitrogens with zero attached hydrogens (tertiary/aromatic N) is 4. The van der Waals surface area contributed by atoms with E-state index in [1.165, 1.54) is 11.3 Å². The van der Waals surface area contributed by atoms with E-state index in [9.17, 15) is 0 Å². The Morgan fingerprint density at radius 1 is 1.25 bits per heavy atom. The lowest BCUT2D eigenvalue weighted by Crippen LogP contribution is -1.95. The minimum absolute atomic E-state index is 0.561. The SMILES string of the molecule is NCc1ccc(-c2nn3cnnc3s2)cc1. The third-order valence-corrected chi connectivity index (χ3v) is 3.29. The van der Waals surface area contributed by atoms with Crippen LogP contribution in [0.3, 0.4) is 0 Å². The van der Waals surface area contributed by atoms with Gasteiger partial charge in [0.2, 0.25) is 4.96 Å². The molecule has 2 N–H and O–H groups in total. The van der Waals surface area contributed by atoms with Gasteiger partial charge in [-0.25, -0.2) is 0 Å². The lowest BCUT2D eigenvalue weighted by Gasteiger charge is -1.97. The number of nitrogens with two attached hydrogens (primary N) is 1. The molecule has 0 atom stereocenters. The first-order chi connectivity index (χ1) is 7.86. The average Bonchev–Trinajstić information content (AvgIpc) is 2.89. The lowest BCUT2D eigenvalue weighted by atomic mass is 10.1. The predicted octanol–water partition coefficient (Wildman–Crippen LogP) is 1.31. The van der Waals surface area contributed by atoms with Crippen molar-refractivity contribution in [2.75, 3.05) is 0 Å². The Kier molecular flexibility index (Phi) is 2.16. The van der Waals surface area contributed by atoms with E-state index in [4.69, 9.17) is 5.73 Å². The van der Waals surface area contributed by atoms with Gasteiger partial charge in [0, 0.05) is 12.1 Å². The molecule has 0 radical (unpaired) electrons. The summed E-state index contributed by atoms with van der Waals surface area (Å²) >= 11 is 1.52. The molecule has 1 aromatic carbocycles. The van der Waals surface area contributed by atoms with Crippen LogP contribution >= 0.6 is 11.3 Å². The Hall–Kier alpha value is -1.79. The van der Waals surface area contributed by atoms with Gasteiger partial charge in [-0.2, -0.15) is 9.61 Å². The zero-order valence-electron chi connectivity index (χ0n) is 8.37. The Morgan fingerprint density at radius 2 is 2.06 bits per heavy atom. The molecule has 0 saturated heterocycles. The maximum absolute atomic E-state index is 5.55. The highest BCUT2D eigenvalue weighted by Gasteiger charge is 2.06. The van der Waals surface area contributed by atoms with Gasteiger partial charge in [0.1, 0.15) is 11.3 Å². The van der Waals surface area contributed by atoms with Crippen LogP contribution in [-0.4, -0.2) is 19.8 Å². The second kappa shape index (κ2) is 3.66. The molecule has 0 aliphatic rings. The van der Waals surface area contributed by atoms with Crippen molar-refractivity contribution < 1.29 is 0 Å². The van der Waals surface area contributed by atoms with Crippen molar-refractivity contribution in [1.82, 2.24) is 19.8 Å². The smallest absolute Gasteiger partial charge is 0.234 e. The molecule has 3 rings (SSSR count). The minimum atomic E-state index is 0.561. The van der Waals surface area contributed by atoms with Crippen molar-refractivity contribution in [3.8, 4) is 10.6 Å². The summed E-state index contributed by atoms with van der Waals surface area (Å²) in [6.07, 6.45) is 1.60. The van der Waals surface area contributed by atoms with Gasteiger partial charge >= 0.3 is 0 Å². The quantitative estimate of drug-likeness (QED) is 0.722. The fourth-order valence-corrected chi connectivity index (χ4v) is 2.29. The zero-order chi connectivity index (χ0) is 11.0. The van der Waals surface area contributed by atoms with Crippen LogP contribution in [0.4, 0.5) is 0 Å². The first-order valence-electron chi connectivity index (χ1n) is 4.83. The van der Waals surface area contributed by atoms with Gasteiger partial charge < -0.3 is 5.73 Å². The van der Waals surface area contributed by atoms with Crippen LogP contribution < -0.4 is 5.73 Å². The van der Waals surface area contributed by atoms with Gasteiger partial charge in [0.25, 0.3) is 0 Å². The second-order valence-electron chi connectivity index (χ2n) is 3.37. The van der Waals surface area contributed by atoms with E-state index in [0.717, 1.165) is 21.1 Å². The molecule has 0 bridgehead atoms. The van der Waals surface area contributed by atoms with Crippen LogP contribution in [0.25, 0.3) is 15.5 Å². The van der Waals surface area contributed by atoms with Crippen LogP contribution in [0.15, 0.2) is 30.6 Å². The lowest BCUT2D eigenvalue weighted by molar-refractivity contribution is 0.959. The molecular weight excluding hydrogens is 222 g/mol. The summed E-state index contributed by atoms with van der Waals surface area (Å²) in [7, 11) is 0. The van der Waals surface area contributed by atoms with Crippen molar-refractivity contribution in [1.29, 1.82) is 0 Å². The summed E-state index contributed by atoms with van der Waals surface area (Å²) in [4.78, 5) is 0.804. The number of fused-ring (bicyclic) bond motifs is 1. The number of aromatic nitrogens is 4. The fourth-order valence-electron chi connectivity index (χ4n) is 1.46. The van der Waals surface area contributed by atoms with E-state index in [-0.39, 0.29) is 0 Å². The first kappa shape index (κ1) is 9.44. The van der Waals surface area contributed by atoms with Gasteiger partial charge in [0.05, 0.1) is 0 Å². The Labute approximate surface area is 95.5 Å². The first-order valence-corrected chi connectivity index (χ1v) is 5.65. The standard InChI is InChI=1S/C10H9N5S/c11-5-7-1-3-8(4-2-7)9-14-15-6-12-13-10(15)16-9/h1-4,6H,5,11H2. The summed E-state index contributed by atoms with van der Waals surface area (Å²) in [6.45, 7) is 0.561. The number of hydrogen-bond acceptors (Lipinski definition) is 5. The van der Waals surface area contributed by atoms with Crippen molar-refractivity contribution in [2.45, 2.75) is 6.54 Å². The number of hydrogen-bond donors (Lipinski definition) is 1. The topological polar surface area (TPSA) is 69.1 Å². The Balaban J connectivity index is 2.05. The monoisotopic (exact) mass is 231 g/mol. The van der Waals surface area contributed by atoms with Crippen molar-refractivity contribution >= 4 is 16.3 Å². The summed E-state index contributed by atoms with van der Waals surface area (Å²) in [5.41, 5.74) is 7.74. The molecule has 0 amide bonds. The molecule has 3 aromatic rings. The second-order valence-corrected chi connectivity index (χ2v) is 4.32. The number of rotatable bonds is 2. The highest BCUT2D eigenvalue weighted by Crippen LogP contribution is 2.24. The molecule has 5 nitrogen and oxygen atoms in total. The van der Waals surface area contributed by atoms with Crippen molar-refractivity contribution in [3.05, 3.63) is 36.2 Å². The van der Waals surface area contributed by atoms with Gasteiger partial charge in [-0.1, -0.05) is 35.6 Å². The summed E-state index contributed by atoms with van der Waals surface area (Å²) < 4.78 is 1.68. The molecule has 16 heavy (non-hydrogen) atoms. The van der Waals surface area contributed by atoms with Gasteiger partial charge in [-0.05, 0) is 5.56 Å². The predicted molar refractivity (Wildman–Crippen MR) is 62.0 cm³/mol. The molecule has 80 valence electrons. The molecule has 2 heterocycles. The van der Waals surface area contributed by atoms with Crippen molar-refractivity contribution in [3.63, 3.8) is 0 Å². The molecule has 0 unspecified atom stereocenters. The zero-order valence-corrected chi connectivity index (χ0v) is 9.18. The molecule has 0 saturated carbocycles. The maximum Gasteiger partial charge on any atom is 0.234 e. The normalized spacial score (nSPS) is 11.1. The molecule has 0 spiro atoms. The molecule has 2 aromatic heterocycles. The van der Waals surface area contributed by atoms with Crippen molar-refractivity contribution in [2.24, 2.45) is 5.73 Å². The summed E-state index contributed by atoms with van der Waals surface area (Å²) in [5, 5.41) is 13.0. The average molecular weight is 231 g/mol. The van der Waals surface area contributed by atoms with Gasteiger partial charge in [0.15, 0.2) is 0 Å².